The summed E-state index contributed by atoms with van der Waals surface area (Å²) < 4.78 is 1.45. The van der Waals surface area contributed by atoms with Crippen molar-refractivity contribution in [3.63, 3.8) is 0 Å². The minimum absolute atomic E-state index is 0.0522. The van der Waals surface area contributed by atoms with Gasteiger partial charge in [-0.1, -0.05) is 60.1 Å². The average Bonchev–Trinajstić information content (AvgIpc) is 2.86. The van der Waals surface area contributed by atoms with Gasteiger partial charge in [0.2, 0.25) is 5.91 Å². The molecule has 5 rings (SSSR count). The van der Waals surface area contributed by atoms with Gasteiger partial charge in [0, 0.05) is 47.8 Å². The van der Waals surface area contributed by atoms with E-state index in [9.17, 15) is 9.59 Å². The molecule has 1 aromatic heterocycles. The van der Waals surface area contributed by atoms with Crippen LogP contribution in [0.4, 0.5) is 5.69 Å². The first kappa shape index (κ1) is 22.2. The molecule has 1 saturated heterocycles. The maximum Gasteiger partial charge on any atom is 0.349 e. The van der Waals surface area contributed by atoms with Crippen molar-refractivity contribution in [2.75, 3.05) is 31.1 Å². The predicted molar refractivity (Wildman–Crippen MR) is 136 cm³/mol. The third kappa shape index (κ3) is 4.29. The van der Waals surface area contributed by atoms with Crippen LogP contribution in [0.2, 0.25) is 5.02 Å². The van der Waals surface area contributed by atoms with E-state index in [1.165, 1.54) is 15.8 Å². The molecule has 0 aliphatic carbocycles. The van der Waals surface area contributed by atoms with Crippen LogP contribution in [0.1, 0.15) is 5.56 Å². The molecule has 4 aromatic rings. The zero-order valence-electron chi connectivity index (χ0n) is 18.9. The molecule has 2 heterocycles. The van der Waals surface area contributed by atoms with Gasteiger partial charge in [0.15, 0.2) is 0 Å². The van der Waals surface area contributed by atoms with Crippen LogP contribution < -0.4 is 10.6 Å². The van der Waals surface area contributed by atoms with Crippen molar-refractivity contribution in [3.8, 4) is 11.3 Å². The fourth-order valence-corrected chi connectivity index (χ4v) is 4.74. The molecule has 0 bridgehead atoms. The maximum atomic E-state index is 13.2. The largest absolute Gasteiger partial charge is 0.368 e. The molecule has 172 valence electrons. The summed E-state index contributed by atoms with van der Waals surface area (Å²) in [4.78, 5) is 34.7. The molecule has 34 heavy (non-hydrogen) atoms. The Morgan fingerprint density at radius 1 is 0.941 bits per heavy atom. The quantitative estimate of drug-likeness (QED) is 0.442. The summed E-state index contributed by atoms with van der Waals surface area (Å²) in [5.74, 6) is -0.0861. The summed E-state index contributed by atoms with van der Waals surface area (Å²) >= 11 is 6.28. The average molecular weight is 473 g/mol. The van der Waals surface area contributed by atoms with Gasteiger partial charge in [-0.15, -0.1) is 0 Å². The smallest absolute Gasteiger partial charge is 0.349 e. The van der Waals surface area contributed by atoms with Crippen LogP contribution in [-0.2, 0) is 11.3 Å². The van der Waals surface area contributed by atoms with Crippen molar-refractivity contribution >= 4 is 34.1 Å². The van der Waals surface area contributed by atoms with E-state index in [0.29, 0.717) is 29.3 Å². The molecular weight excluding hydrogens is 448 g/mol. The van der Waals surface area contributed by atoms with Crippen molar-refractivity contribution in [1.82, 2.24) is 14.5 Å². The number of halogens is 1. The Hall–Kier alpha value is -3.64. The van der Waals surface area contributed by atoms with Gasteiger partial charge in [-0.3, -0.25) is 9.36 Å². The van der Waals surface area contributed by atoms with Gasteiger partial charge in [0.1, 0.15) is 6.54 Å². The Labute approximate surface area is 203 Å². The van der Waals surface area contributed by atoms with E-state index in [-0.39, 0.29) is 12.5 Å². The van der Waals surface area contributed by atoms with Crippen LogP contribution in [0.5, 0.6) is 0 Å². The lowest BCUT2D eigenvalue weighted by Crippen LogP contribution is -2.50. The highest BCUT2D eigenvalue weighted by Gasteiger charge is 2.23. The Kier molecular flexibility index (Phi) is 6.07. The van der Waals surface area contributed by atoms with Gasteiger partial charge in [0.25, 0.3) is 0 Å². The third-order valence-corrected chi connectivity index (χ3v) is 6.61. The molecule has 0 saturated carbocycles. The molecule has 0 atom stereocenters. The number of carbonyl (C=O) groups is 1. The van der Waals surface area contributed by atoms with Gasteiger partial charge >= 0.3 is 5.69 Å². The zero-order valence-corrected chi connectivity index (χ0v) is 19.7. The monoisotopic (exact) mass is 472 g/mol. The second-order valence-corrected chi connectivity index (χ2v) is 8.95. The number of nitrogens with zero attached hydrogens (tertiary/aromatic N) is 4. The Morgan fingerprint density at radius 2 is 1.65 bits per heavy atom. The fourth-order valence-electron chi connectivity index (χ4n) is 4.57. The number of carbonyl (C=O) groups excluding carboxylic acids is 1. The molecule has 1 amide bonds. The number of fused-ring (bicyclic) bond motifs is 1. The molecular formula is C27H25ClN4O2. The number of benzene rings is 3. The zero-order chi connectivity index (χ0) is 23.7. The number of aryl methyl sites for hydroxylation is 1. The number of hydrogen-bond donors (Lipinski definition) is 0. The molecule has 3 aromatic carbocycles. The van der Waals surface area contributed by atoms with Gasteiger partial charge in [-0.05, 0) is 36.8 Å². The van der Waals surface area contributed by atoms with E-state index in [0.717, 1.165) is 24.0 Å². The van der Waals surface area contributed by atoms with E-state index in [1.807, 2.05) is 47.4 Å². The maximum absolute atomic E-state index is 13.2. The van der Waals surface area contributed by atoms with Gasteiger partial charge in [-0.25, -0.2) is 4.79 Å². The summed E-state index contributed by atoms with van der Waals surface area (Å²) in [6.45, 7) is 4.79. The lowest BCUT2D eigenvalue weighted by molar-refractivity contribution is -0.132. The van der Waals surface area contributed by atoms with Crippen LogP contribution in [0.3, 0.4) is 0 Å². The summed E-state index contributed by atoms with van der Waals surface area (Å²) in [7, 11) is 0. The number of piperazine rings is 1. The van der Waals surface area contributed by atoms with E-state index >= 15 is 0 Å². The second kappa shape index (κ2) is 9.31. The normalized spacial score (nSPS) is 13.9. The molecule has 0 radical (unpaired) electrons. The Morgan fingerprint density at radius 3 is 2.38 bits per heavy atom. The van der Waals surface area contributed by atoms with Crippen molar-refractivity contribution in [2.24, 2.45) is 0 Å². The van der Waals surface area contributed by atoms with E-state index in [4.69, 9.17) is 11.6 Å². The molecule has 0 N–H and O–H groups in total. The molecule has 1 aliphatic heterocycles. The summed E-state index contributed by atoms with van der Waals surface area (Å²) in [5.41, 5.74) is 4.03. The molecule has 0 unspecified atom stereocenters. The highest BCUT2D eigenvalue weighted by Crippen LogP contribution is 2.28. The lowest BCUT2D eigenvalue weighted by Gasteiger charge is -2.37. The first-order valence-corrected chi connectivity index (χ1v) is 11.7. The number of anilines is 1. The Bertz CT molecular complexity index is 1410. The van der Waals surface area contributed by atoms with Crippen molar-refractivity contribution in [3.05, 3.63) is 93.9 Å². The third-order valence-electron chi connectivity index (χ3n) is 6.37. The second-order valence-electron chi connectivity index (χ2n) is 8.51. The molecule has 7 heteroatoms. The molecule has 1 aliphatic rings. The standard InChI is InChI=1S/C27H25ClN4O2/c1-19-7-5-6-10-23(19)30-13-15-31(16-14-30)25(33)18-32-24-12-11-21(28)17-22(24)26(29-27(32)34)20-8-3-2-4-9-20/h2-12,17H,13-16,18H2,1H3. The van der Waals surface area contributed by atoms with Crippen LogP contribution >= 0.6 is 11.6 Å². The van der Waals surface area contributed by atoms with Crippen molar-refractivity contribution in [2.45, 2.75) is 13.5 Å². The number of para-hydroxylation sites is 1. The topological polar surface area (TPSA) is 58.4 Å². The Balaban J connectivity index is 1.40. The van der Waals surface area contributed by atoms with Crippen molar-refractivity contribution in [1.29, 1.82) is 0 Å². The number of hydrogen-bond acceptors (Lipinski definition) is 4. The number of rotatable bonds is 4. The molecule has 0 spiro atoms. The SMILES string of the molecule is Cc1ccccc1N1CCN(C(=O)Cn2c(=O)nc(-c3ccccc3)c3cc(Cl)ccc32)CC1. The van der Waals surface area contributed by atoms with E-state index in [1.54, 1.807) is 18.2 Å². The summed E-state index contributed by atoms with van der Waals surface area (Å²) in [5, 5.41) is 1.30. The van der Waals surface area contributed by atoms with Crippen LogP contribution in [0, 0.1) is 6.92 Å². The summed E-state index contributed by atoms with van der Waals surface area (Å²) in [6, 6.07) is 23.1. The van der Waals surface area contributed by atoms with Crippen LogP contribution in [0.15, 0.2) is 77.6 Å². The highest BCUT2D eigenvalue weighted by molar-refractivity contribution is 6.31. The molecule has 6 nitrogen and oxygen atoms in total. The fraction of sp³-hybridized carbons (Fsp3) is 0.222. The predicted octanol–water partition coefficient (Wildman–Crippen LogP) is 4.37. The van der Waals surface area contributed by atoms with Gasteiger partial charge in [0.05, 0.1) is 11.2 Å². The van der Waals surface area contributed by atoms with Crippen LogP contribution in [-0.4, -0.2) is 46.5 Å². The first-order chi connectivity index (χ1) is 16.5. The lowest BCUT2D eigenvalue weighted by atomic mass is 10.1. The number of amides is 1. The number of aromatic nitrogens is 2. The summed E-state index contributed by atoms with van der Waals surface area (Å²) in [6.07, 6.45) is 0. The van der Waals surface area contributed by atoms with Gasteiger partial charge < -0.3 is 9.80 Å². The minimum atomic E-state index is -0.444. The van der Waals surface area contributed by atoms with Crippen molar-refractivity contribution < 1.29 is 4.79 Å². The van der Waals surface area contributed by atoms with Crippen LogP contribution in [0.25, 0.3) is 22.2 Å². The highest BCUT2D eigenvalue weighted by atomic mass is 35.5. The van der Waals surface area contributed by atoms with E-state index in [2.05, 4.69) is 28.9 Å². The van der Waals surface area contributed by atoms with Gasteiger partial charge in [-0.2, -0.15) is 4.98 Å². The van der Waals surface area contributed by atoms with E-state index < -0.39 is 5.69 Å². The molecule has 1 fully saturated rings. The minimum Gasteiger partial charge on any atom is -0.368 e. The first-order valence-electron chi connectivity index (χ1n) is 11.3.